The van der Waals surface area contributed by atoms with Gasteiger partial charge in [0.15, 0.2) is 9.84 Å². The summed E-state index contributed by atoms with van der Waals surface area (Å²) in [6.07, 6.45) is -4.88. The molecule has 0 aromatic heterocycles. The fourth-order valence-electron chi connectivity index (χ4n) is 4.01. The highest BCUT2D eigenvalue weighted by Gasteiger charge is 2.58. The maximum atomic E-state index is 14.3. The number of amides is 1. The molecule has 2 aromatic rings. The van der Waals surface area contributed by atoms with E-state index in [9.17, 15) is 26.4 Å². The highest BCUT2D eigenvalue weighted by Crippen LogP contribution is 2.60. The van der Waals surface area contributed by atoms with E-state index in [1.54, 1.807) is 25.1 Å². The summed E-state index contributed by atoms with van der Waals surface area (Å²) < 4.78 is 63.2. The first-order valence-electron chi connectivity index (χ1n) is 9.82. The molecule has 2 aromatic carbocycles. The van der Waals surface area contributed by atoms with Gasteiger partial charge in [0, 0.05) is 22.0 Å². The molecule has 176 valence electrons. The van der Waals surface area contributed by atoms with E-state index in [0.29, 0.717) is 34.0 Å². The Hall–Kier alpha value is -1.68. The lowest BCUT2D eigenvalue weighted by molar-refractivity contribution is -0.160. The van der Waals surface area contributed by atoms with Crippen LogP contribution in [-0.4, -0.2) is 38.0 Å². The van der Waals surface area contributed by atoms with Gasteiger partial charge >= 0.3 is 6.18 Å². The summed E-state index contributed by atoms with van der Waals surface area (Å²) in [6.45, 7) is 1.69. The minimum absolute atomic E-state index is 0.0214. The van der Waals surface area contributed by atoms with Gasteiger partial charge in [-0.2, -0.15) is 13.2 Å². The number of hydrogen-bond acceptors (Lipinski definition) is 4. The quantitative estimate of drug-likeness (QED) is 0.540. The number of aryl methyl sites for hydroxylation is 1. The Bertz CT molecular complexity index is 1250. The van der Waals surface area contributed by atoms with E-state index in [2.05, 4.69) is 5.32 Å². The molecular weight excluding hydrogens is 518 g/mol. The first kappa shape index (κ1) is 24.4. The molecule has 2 heterocycles. The summed E-state index contributed by atoms with van der Waals surface area (Å²) in [5.41, 5.74) is 1.95. The predicted octanol–water partition coefficient (Wildman–Crippen LogP) is 5.76. The van der Waals surface area contributed by atoms with Crippen LogP contribution in [0.1, 0.15) is 33.5 Å². The van der Waals surface area contributed by atoms with Gasteiger partial charge in [-0.1, -0.05) is 35.3 Å². The molecule has 0 bridgehead atoms. The second-order valence-corrected chi connectivity index (χ2v) is 12.4. The monoisotopic (exact) mass is 535 g/mol. The molecule has 11 heteroatoms. The van der Waals surface area contributed by atoms with Crippen molar-refractivity contribution in [1.29, 1.82) is 0 Å². The summed E-state index contributed by atoms with van der Waals surface area (Å²) >= 11 is 12.6. The van der Waals surface area contributed by atoms with Crippen LogP contribution in [0.3, 0.4) is 0 Å². The van der Waals surface area contributed by atoms with Gasteiger partial charge in [-0.25, -0.2) is 8.42 Å². The van der Waals surface area contributed by atoms with Crippen molar-refractivity contribution in [3.05, 3.63) is 74.1 Å². The highest BCUT2D eigenvalue weighted by atomic mass is 35.5. The average molecular weight is 536 g/mol. The van der Waals surface area contributed by atoms with Gasteiger partial charge in [0.05, 0.1) is 17.5 Å². The van der Waals surface area contributed by atoms with Crippen LogP contribution in [0.25, 0.3) is 5.57 Å². The number of alkyl halides is 3. The second kappa shape index (κ2) is 8.52. The molecule has 4 rings (SSSR count). The van der Waals surface area contributed by atoms with Gasteiger partial charge in [0.2, 0.25) is 0 Å². The Kier molecular flexibility index (Phi) is 6.31. The van der Waals surface area contributed by atoms with Crippen LogP contribution in [-0.2, 0) is 14.6 Å². The minimum Gasteiger partial charge on any atom is -0.347 e. The first-order valence-corrected chi connectivity index (χ1v) is 13.3. The molecule has 1 amide bonds. The summed E-state index contributed by atoms with van der Waals surface area (Å²) in [5, 5.41) is 4.41. The van der Waals surface area contributed by atoms with Gasteiger partial charge in [0.1, 0.15) is 4.75 Å². The van der Waals surface area contributed by atoms with E-state index in [1.807, 2.05) is 0 Å². The molecule has 1 fully saturated rings. The number of thioether (sulfide) groups is 1. The lowest BCUT2D eigenvalue weighted by Gasteiger charge is -2.32. The molecule has 0 radical (unpaired) electrons. The summed E-state index contributed by atoms with van der Waals surface area (Å²) in [5.74, 6) is -0.591. The van der Waals surface area contributed by atoms with Crippen LogP contribution in [0.5, 0.6) is 0 Å². The standard InChI is InChI=1S/C22H18Cl2F3NO3S2/c1-12-4-13(2-3-19(12)20(29)28-18-10-33(30,31)11-18)14-8-21(32-9-14,22(25,26)27)15-5-16(23)7-17(24)6-15/h2-7,9,18H,8,10-11H2,1H3,(H,28,29). The second-order valence-electron chi connectivity index (χ2n) is 8.20. The largest absolute Gasteiger partial charge is 0.407 e. The maximum absolute atomic E-state index is 14.3. The van der Waals surface area contributed by atoms with E-state index >= 15 is 0 Å². The van der Waals surface area contributed by atoms with Crippen LogP contribution in [0.15, 0.2) is 41.8 Å². The third kappa shape index (κ3) is 4.78. The number of allylic oxidation sites excluding steroid dienone is 1. The van der Waals surface area contributed by atoms with Crippen molar-refractivity contribution in [2.45, 2.75) is 30.3 Å². The van der Waals surface area contributed by atoms with Gasteiger partial charge in [-0.05, 0) is 58.9 Å². The van der Waals surface area contributed by atoms with Gasteiger partial charge < -0.3 is 5.32 Å². The zero-order valence-electron chi connectivity index (χ0n) is 17.2. The number of benzene rings is 2. The zero-order chi connectivity index (χ0) is 24.2. The number of carbonyl (C=O) groups is 1. The lowest BCUT2D eigenvalue weighted by Crippen LogP contribution is -2.53. The number of sulfone groups is 1. The van der Waals surface area contributed by atoms with Crippen molar-refractivity contribution in [2.75, 3.05) is 11.5 Å². The zero-order valence-corrected chi connectivity index (χ0v) is 20.3. The van der Waals surface area contributed by atoms with E-state index in [4.69, 9.17) is 23.2 Å². The van der Waals surface area contributed by atoms with Gasteiger partial charge in [-0.15, -0.1) is 11.8 Å². The van der Waals surface area contributed by atoms with E-state index in [0.717, 1.165) is 0 Å². The van der Waals surface area contributed by atoms with Crippen molar-refractivity contribution in [3.8, 4) is 0 Å². The Labute approximate surface area is 203 Å². The van der Waals surface area contributed by atoms with E-state index < -0.39 is 32.7 Å². The molecule has 33 heavy (non-hydrogen) atoms. The first-order chi connectivity index (χ1) is 15.3. The molecule has 1 atom stereocenters. The van der Waals surface area contributed by atoms with Crippen LogP contribution >= 0.6 is 35.0 Å². The number of hydrogen-bond donors (Lipinski definition) is 1. The third-order valence-corrected chi connectivity index (χ3v) is 9.39. The molecule has 0 saturated carbocycles. The topological polar surface area (TPSA) is 63.2 Å². The van der Waals surface area contributed by atoms with Crippen molar-refractivity contribution < 1.29 is 26.4 Å². The Morgan fingerprint density at radius 1 is 1.12 bits per heavy atom. The molecule has 0 spiro atoms. The van der Waals surface area contributed by atoms with Crippen LogP contribution < -0.4 is 5.32 Å². The molecule has 1 unspecified atom stereocenters. The van der Waals surface area contributed by atoms with Crippen LogP contribution in [0.4, 0.5) is 13.2 Å². The lowest BCUT2D eigenvalue weighted by atomic mass is 9.87. The predicted molar refractivity (Wildman–Crippen MR) is 125 cm³/mol. The molecule has 0 aliphatic carbocycles. The fraction of sp³-hybridized carbons (Fsp3) is 0.318. The number of nitrogens with one attached hydrogen (secondary N) is 1. The Morgan fingerprint density at radius 3 is 2.30 bits per heavy atom. The molecular formula is C22H18Cl2F3NO3S2. The van der Waals surface area contributed by atoms with Crippen molar-refractivity contribution in [2.24, 2.45) is 0 Å². The third-order valence-electron chi connectivity index (χ3n) is 5.72. The van der Waals surface area contributed by atoms with E-state index in [1.165, 1.54) is 23.6 Å². The minimum atomic E-state index is -4.57. The van der Waals surface area contributed by atoms with Gasteiger partial charge in [-0.3, -0.25) is 4.79 Å². The number of halogens is 5. The summed E-state index contributed by atoms with van der Waals surface area (Å²) in [7, 11) is -3.07. The highest BCUT2D eigenvalue weighted by molar-refractivity contribution is 8.03. The molecule has 1 N–H and O–H groups in total. The number of carbonyl (C=O) groups excluding carboxylic acids is 1. The molecule has 2 aliphatic rings. The maximum Gasteiger partial charge on any atom is 0.407 e. The average Bonchev–Trinajstić information content (AvgIpc) is 3.12. The summed E-state index contributed by atoms with van der Waals surface area (Å²) in [4.78, 5) is 12.5. The van der Waals surface area contributed by atoms with Crippen molar-refractivity contribution in [1.82, 2.24) is 5.32 Å². The molecule has 2 aliphatic heterocycles. The molecule has 4 nitrogen and oxygen atoms in total. The normalized spacial score (nSPS) is 22.5. The van der Waals surface area contributed by atoms with E-state index in [-0.39, 0.29) is 33.5 Å². The van der Waals surface area contributed by atoms with Crippen molar-refractivity contribution in [3.63, 3.8) is 0 Å². The van der Waals surface area contributed by atoms with Gasteiger partial charge in [0.25, 0.3) is 5.91 Å². The Morgan fingerprint density at radius 2 is 1.76 bits per heavy atom. The van der Waals surface area contributed by atoms with Crippen LogP contribution in [0.2, 0.25) is 10.0 Å². The fourth-order valence-corrected chi connectivity index (χ4v) is 7.02. The number of rotatable bonds is 4. The Balaban J connectivity index is 1.57. The molecule has 1 saturated heterocycles. The summed E-state index contributed by atoms with van der Waals surface area (Å²) in [6, 6.07) is 8.33. The smallest absolute Gasteiger partial charge is 0.347 e. The van der Waals surface area contributed by atoms with Crippen molar-refractivity contribution >= 4 is 56.3 Å². The SMILES string of the molecule is Cc1cc(C2=CSC(c3cc(Cl)cc(Cl)c3)(C(F)(F)F)C2)ccc1C(=O)NC1CS(=O)(=O)C1. The van der Waals surface area contributed by atoms with Crippen LogP contribution in [0, 0.1) is 6.92 Å².